The highest BCUT2D eigenvalue weighted by Gasteiger charge is 2.09. The first kappa shape index (κ1) is 12.1. The number of rotatable bonds is 3. The van der Waals surface area contributed by atoms with Crippen LogP contribution in [0.3, 0.4) is 0 Å². The first-order chi connectivity index (χ1) is 8.28. The second-order valence-corrected chi connectivity index (χ2v) is 4.76. The molecule has 1 aromatic heterocycles. The molecule has 0 bridgehead atoms. The lowest BCUT2D eigenvalue weighted by molar-refractivity contribution is 0.420. The van der Waals surface area contributed by atoms with Crippen molar-refractivity contribution in [1.82, 2.24) is 9.97 Å². The van der Waals surface area contributed by atoms with Gasteiger partial charge in [0.15, 0.2) is 5.82 Å². The third kappa shape index (κ3) is 3.55. The summed E-state index contributed by atoms with van der Waals surface area (Å²) >= 11 is 0. The van der Waals surface area contributed by atoms with Crippen LogP contribution in [-0.4, -0.2) is 17.0 Å². The van der Waals surface area contributed by atoms with E-state index in [2.05, 4.69) is 27.4 Å². The minimum atomic E-state index is 0.728. The molecule has 0 amide bonds. The SMILES string of the molecule is CNc1cc(C)nc(/C=C/C2CCCCC2)n1. The standard InChI is InChI=1S/C14H21N3/c1-11-10-14(15-2)17-13(16-11)9-8-12-6-4-3-5-7-12/h8-10,12H,3-7H2,1-2H3,(H,15,16,17)/b9-8+. The van der Waals surface area contributed by atoms with Gasteiger partial charge in [0, 0.05) is 18.8 Å². The van der Waals surface area contributed by atoms with Gasteiger partial charge in [-0.05, 0) is 31.8 Å². The first-order valence-electron chi connectivity index (χ1n) is 6.49. The van der Waals surface area contributed by atoms with Gasteiger partial charge in [-0.3, -0.25) is 0 Å². The van der Waals surface area contributed by atoms with Gasteiger partial charge in [-0.15, -0.1) is 0 Å². The van der Waals surface area contributed by atoms with Crippen molar-refractivity contribution in [2.24, 2.45) is 5.92 Å². The average molecular weight is 231 g/mol. The van der Waals surface area contributed by atoms with Crippen molar-refractivity contribution in [3.05, 3.63) is 23.7 Å². The van der Waals surface area contributed by atoms with Gasteiger partial charge in [0.1, 0.15) is 5.82 Å². The number of nitrogens with one attached hydrogen (secondary N) is 1. The van der Waals surface area contributed by atoms with E-state index in [0.717, 1.165) is 23.3 Å². The Balaban J connectivity index is 2.06. The van der Waals surface area contributed by atoms with Crippen LogP contribution in [0.25, 0.3) is 6.08 Å². The minimum Gasteiger partial charge on any atom is -0.373 e. The summed E-state index contributed by atoms with van der Waals surface area (Å²) in [5, 5.41) is 3.06. The van der Waals surface area contributed by atoms with Crippen LogP contribution in [0.1, 0.15) is 43.6 Å². The Morgan fingerprint density at radius 3 is 2.71 bits per heavy atom. The first-order valence-corrected chi connectivity index (χ1v) is 6.49. The Labute approximate surface area is 103 Å². The summed E-state index contributed by atoms with van der Waals surface area (Å²) in [5.74, 6) is 2.44. The van der Waals surface area contributed by atoms with Crippen LogP contribution in [0.2, 0.25) is 0 Å². The van der Waals surface area contributed by atoms with Crippen LogP contribution in [0.4, 0.5) is 5.82 Å². The van der Waals surface area contributed by atoms with Crippen molar-refractivity contribution in [3.63, 3.8) is 0 Å². The van der Waals surface area contributed by atoms with Gasteiger partial charge in [-0.2, -0.15) is 0 Å². The highest BCUT2D eigenvalue weighted by atomic mass is 15.0. The molecule has 0 unspecified atom stereocenters. The van der Waals surface area contributed by atoms with Crippen LogP contribution in [-0.2, 0) is 0 Å². The number of hydrogen-bond donors (Lipinski definition) is 1. The maximum absolute atomic E-state index is 4.43. The number of aryl methyl sites for hydroxylation is 1. The minimum absolute atomic E-state index is 0.728. The summed E-state index contributed by atoms with van der Waals surface area (Å²) in [6.07, 6.45) is 11.1. The van der Waals surface area contributed by atoms with Crippen molar-refractivity contribution in [3.8, 4) is 0 Å². The Morgan fingerprint density at radius 2 is 2.00 bits per heavy atom. The zero-order valence-electron chi connectivity index (χ0n) is 10.7. The van der Waals surface area contributed by atoms with Crippen LogP contribution >= 0.6 is 0 Å². The number of allylic oxidation sites excluding steroid dienone is 1. The summed E-state index contributed by atoms with van der Waals surface area (Å²) in [6, 6.07) is 1.96. The lowest BCUT2D eigenvalue weighted by Gasteiger charge is -2.17. The van der Waals surface area contributed by atoms with E-state index in [-0.39, 0.29) is 0 Å². The second kappa shape index (κ2) is 5.80. The van der Waals surface area contributed by atoms with Crippen molar-refractivity contribution < 1.29 is 0 Å². The van der Waals surface area contributed by atoms with E-state index in [4.69, 9.17) is 0 Å². The van der Waals surface area contributed by atoms with Crippen molar-refractivity contribution in [2.75, 3.05) is 12.4 Å². The second-order valence-electron chi connectivity index (χ2n) is 4.76. The van der Waals surface area contributed by atoms with Crippen LogP contribution in [0.15, 0.2) is 12.1 Å². The van der Waals surface area contributed by atoms with Crippen LogP contribution < -0.4 is 5.32 Å². The molecule has 2 rings (SSSR count). The molecule has 92 valence electrons. The highest BCUT2D eigenvalue weighted by molar-refractivity contribution is 5.46. The third-order valence-corrected chi connectivity index (χ3v) is 3.29. The van der Waals surface area contributed by atoms with Gasteiger partial charge in [0.25, 0.3) is 0 Å². The number of hydrogen-bond acceptors (Lipinski definition) is 3. The monoisotopic (exact) mass is 231 g/mol. The molecule has 0 atom stereocenters. The maximum atomic E-state index is 4.43. The lowest BCUT2D eigenvalue weighted by atomic mass is 9.89. The molecular formula is C14H21N3. The average Bonchev–Trinajstić information content (AvgIpc) is 2.37. The van der Waals surface area contributed by atoms with Gasteiger partial charge in [-0.1, -0.05) is 25.3 Å². The number of aromatic nitrogens is 2. The Hall–Kier alpha value is -1.38. The van der Waals surface area contributed by atoms with E-state index >= 15 is 0 Å². The molecule has 1 fully saturated rings. The number of nitrogens with zero attached hydrogens (tertiary/aromatic N) is 2. The molecule has 1 saturated carbocycles. The van der Waals surface area contributed by atoms with E-state index < -0.39 is 0 Å². The quantitative estimate of drug-likeness (QED) is 0.866. The third-order valence-electron chi connectivity index (χ3n) is 3.29. The number of anilines is 1. The maximum Gasteiger partial charge on any atom is 0.154 e. The Bertz CT molecular complexity index is 392. The molecule has 1 aliphatic carbocycles. The molecule has 0 spiro atoms. The van der Waals surface area contributed by atoms with Gasteiger partial charge < -0.3 is 5.32 Å². The van der Waals surface area contributed by atoms with E-state index in [1.807, 2.05) is 20.0 Å². The molecule has 0 saturated heterocycles. The molecule has 3 heteroatoms. The van der Waals surface area contributed by atoms with Crippen LogP contribution in [0, 0.1) is 12.8 Å². The molecule has 1 aliphatic rings. The summed E-state index contributed by atoms with van der Waals surface area (Å²) in [5.41, 5.74) is 1.01. The zero-order chi connectivity index (χ0) is 12.1. The van der Waals surface area contributed by atoms with Gasteiger partial charge in [0.2, 0.25) is 0 Å². The molecular weight excluding hydrogens is 210 g/mol. The molecule has 0 aromatic carbocycles. The largest absolute Gasteiger partial charge is 0.373 e. The fourth-order valence-corrected chi connectivity index (χ4v) is 2.34. The smallest absolute Gasteiger partial charge is 0.154 e. The summed E-state index contributed by atoms with van der Waals surface area (Å²) in [6.45, 7) is 2.00. The van der Waals surface area contributed by atoms with Gasteiger partial charge >= 0.3 is 0 Å². The highest BCUT2D eigenvalue weighted by Crippen LogP contribution is 2.25. The van der Waals surface area contributed by atoms with Crippen molar-refractivity contribution in [2.45, 2.75) is 39.0 Å². The Kier molecular flexibility index (Phi) is 4.13. The van der Waals surface area contributed by atoms with E-state index in [9.17, 15) is 0 Å². The molecule has 1 heterocycles. The van der Waals surface area contributed by atoms with Crippen LogP contribution in [0.5, 0.6) is 0 Å². The summed E-state index contributed by atoms with van der Waals surface area (Å²) in [7, 11) is 1.89. The molecule has 1 N–H and O–H groups in total. The molecule has 1 aromatic rings. The fraction of sp³-hybridized carbons (Fsp3) is 0.571. The predicted octanol–water partition coefficient (Wildman–Crippen LogP) is 3.42. The fourth-order valence-electron chi connectivity index (χ4n) is 2.34. The van der Waals surface area contributed by atoms with E-state index in [0.29, 0.717) is 0 Å². The van der Waals surface area contributed by atoms with Crippen molar-refractivity contribution in [1.29, 1.82) is 0 Å². The van der Waals surface area contributed by atoms with E-state index in [1.54, 1.807) is 0 Å². The normalized spacial score (nSPS) is 17.5. The van der Waals surface area contributed by atoms with Crippen molar-refractivity contribution >= 4 is 11.9 Å². The Morgan fingerprint density at radius 1 is 1.24 bits per heavy atom. The van der Waals surface area contributed by atoms with Gasteiger partial charge in [0.05, 0.1) is 0 Å². The molecule has 17 heavy (non-hydrogen) atoms. The molecule has 0 aliphatic heterocycles. The van der Waals surface area contributed by atoms with Gasteiger partial charge in [-0.25, -0.2) is 9.97 Å². The zero-order valence-corrected chi connectivity index (χ0v) is 10.7. The predicted molar refractivity (Wildman–Crippen MR) is 71.9 cm³/mol. The lowest BCUT2D eigenvalue weighted by Crippen LogP contribution is -2.03. The molecule has 0 radical (unpaired) electrons. The summed E-state index contributed by atoms with van der Waals surface area (Å²) in [4.78, 5) is 8.86. The molecule has 3 nitrogen and oxygen atoms in total. The van der Waals surface area contributed by atoms with E-state index in [1.165, 1.54) is 32.1 Å². The summed E-state index contributed by atoms with van der Waals surface area (Å²) < 4.78 is 0. The topological polar surface area (TPSA) is 37.8 Å².